The van der Waals surface area contributed by atoms with E-state index in [4.69, 9.17) is 9.47 Å². The van der Waals surface area contributed by atoms with Gasteiger partial charge in [0, 0.05) is 5.69 Å². The highest BCUT2D eigenvalue weighted by Crippen LogP contribution is 2.31. The molecule has 2 aromatic carbocycles. The number of hydrogen-bond donors (Lipinski definition) is 1. The molecule has 0 fully saturated rings. The van der Waals surface area contributed by atoms with E-state index in [1.54, 1.807) is 0 Å². The second kappa shape index (κ2) is 5.87. The number of ether oxygens (including phenoxy) is 2. The average Bonchev–Trinajstić information content (AvgIpc) is 2.49. The van der Waals surface area contributed by atoms with Crippen molar-refractivity contribution >= 4 is 11.6 Å². The largest absolute Gasteiger partial charge is 0.486 e. The molecule has 21 heavy (non-hydrogen) atoms. The van der Waals surface area contributed by atoms with Crippen LogP contribution in [0.4, 0.5) is 5.69 Å². The molecule has 0 saturated carbocycles. The molecule has 0 spiro atoms. The van der Waals surface area contributed by atoms with Crippen molar-refractivity contribution in [1.29, 1.82) is 0 Å². The molecule has 0 unspecified atom stereocenters. The molecule has 4 nitrogen and oxygen atoms in total. The fraction of sp³-hybridized carbons (Fsp3) is 0.235. The van der Waals surface area contributed by atoms with Gasteiger partial charge in [0.2, 0.25) is 5.91 Å². The maximum atomic E-state index is 12.0. The zero-order valence-corrected chi connectivity index (χ0v) is 11.8. The number of rotatable bonds is 3. The number of benzene rings is 2. The molecule has 0 bridgehead atoms. The normalized spacial score (nSPS) is 16.3. The molecule has 1 aliphatic rings. The van der Waals surface area contributed by atoms with Crippen molar-refractivity contribution in [3.63, 3.8) is 0 Å². The summed E-state index contributed by atoms with van der Waals surface area (Å²) in [7, 11) is 0. The first-order valence-corrected chi connectivity index (χ1v) is 6.96. The molecule has 1 N–H and O–H groups in total. The Hall–Kier alpha value is -2.49. The lowest BCUT2D eigenvalue weighted by Crippen LogP contribution is -2.33. The van der Waals surface area contributed by atoms with Crippen LogP contribution in [0, 0.1) is 6.92 Å². The standard InChI is InChI=1S/C17H17NO3/c1-12-6-8-13(9-7-12)18-17(19)10-14-11-20-15-4-2-3-5-16(15)21-14/h2-9,14H,10-11H2,1H3,(H,18,19)/t14-/m0/s1. The Morgan fingerprint density at radius 1 is 1.14 bits per heavy atom. The van der Waals surface area contributed by atoms with E-state index in [1.807, 2.05) is 55.5 Å². The quantitative estimate of drug-likeness (QED) is 0.941. The van der Waals surface area contributed by atoms with Crippen LogP contribution in [0.2, 0.25) is 0 Å². The molecule has 0 saturated heterocycles. The van der Waals surface area contributed by atoms with Crippen LogP contribution in [-0.4, -0.2) is 18.6 Å². The van der Waals surface area contributed by atoms with Crippen LogP contribution < -0.4 is 14.8 Å². The Labute approximate surface area is 123 Å². The summed E-state index contributed by atoms with van der Waals surface area (Å²) >= 11 is 0. The molecule has 3 rings (SSSR count). The lowest BCUT2D eigenvalue weighted by Gasteiger charge is -2.26. The molecule has 1 amide bonds. The summed E-state index contributed by atoms with van der Waals surface area (Å²) in [5.41, 5.74) is 1.95. The van der Waals surface area contributed by atoms with Gasteiger partial charge in [-0.1, -0.05) is 29.8 Å². The average molecular weight is 283 g/mol. The Morgan fingerprint density at radius 3 is 2.62 bits per heavy atom. The molecule has 1 atom stereocenters. The minimum atomic E-state index is -0.259. The summed E-state index contributed by atoms with van der Waals surface area (Å²) in [5, 5.41) is 2.87. The van der Waals surface area contributed by atoms with E-state index in [9.17, 15) is 4.79 Å². The predicted molar refractivity (Wildman–Crippen MR) is 80.8 cm³/mol. The first-order valence-electron chi connectivity index (χ1n) is 6.96. The van der Waals surface area contributed by atoms with Crippen LogP contribution in [0.15, 0.2) is 48.5 Å². The maximum Gasteiger partial charge on any atom is 0.228 e. The van der Waals surface area contributed by atoms with Gasteiger partial charge in [0.05, 0.1) is 6.42 Å². The number of anilines is 1. The molecule has 2 aromatic rings. The Balaban J connectivity index is 1.57. The highest BCUT2D eigenvalue weighted by Gasteiger charge is 2.23. The summed E-state index contributed by atoms with van der Waals surface area (Å²) in [6.07, 6.45) is 0.00715. The van der Waals surface area contributed by atoms with Crippen molar-refractivity contribution in [1.82, 2.24) is 0 Å². The highest BCUT2D eigenvalue weighted by atomic mass is 16.6. The van der Waals surface area contributed by atoms with Crippen molar-refractivity contribution in [2.45, 2.75) is 19.4 Å². The van der Waals surface area contributed by atoms with Gasteiger partial charge in [-0.05, 0) is 31.2 Å². The zero-order valence-electron chi connectivity index (χ0n) is 11.8. The molecule has 0 aliphatic carbocycles. The summed E-state index contributed by atoms with van der Waals surface area (Å²) in [5.74, 6) is 1.34. The third kappa shape index (κ3) is 3.34. The van der Waals surface area contributed by atoms with Gasteiger partial charge in [0.25, 0.3) is 0 Å². The number of carbonyl (C=O) groups is 1. The van der Waals surface area contributed by atoms with E-state index >= 15 is 0 Å². The molecule has 4 heteroatoms. The van der Waals surface area contributed by atoms with Gasteiger partial charge in [0.1, 0.15) is 12.7 Å². The lowest BCUT2D eigenvalue weighted by molar-refractivity contribution is -0.118. The van der Waals surface area contributed by atoms with Crippen molar-refractivity contribution in [3.05, 3.63) is 54.1 Å². The van der Waals surface area contributed by atoms with Crippen molar-refractivity contribution < 1.29 is 14.3 Å². The Morgan fingerprint density at radius 2 is 1.86 bits per heavy atom. The van der Waals surface area contributed by atoms with Gasteiger partial charge in [0.15, 0.2) is 11.5 Å². The molecule has 0 aromatic heterocycles. The Bertz CT molecular complexity index is 637. The summed E-state index contributed by atoms with van der Waals surface area (Å²) in [4.78, 5) is 12.0. The third-order valence-electron chi connectivity index (χ3n) is 3.32. The second-order valence-electron chi connectivity index (χ2n) is 5.12. The summed E-state index contributed by atoms with van der Waals surface area (Å²) in [6, 6.07) is 15.2. The van der Waals surface area contributed by atoms with Crippen LogP contribution >= 0.6 is 0 Å². The van der Waals surface area contributed by atoms with E-state index in [0.29, 0.717) is 12.4 Å². The Kier molecular flexibility index (Phi) is 3.77. The topological polar surface area (TPSA) is 47.6 Å². The van der Waals surface area contributed by atoms with E-state index in [0.717, 1.165) is 17.0 Å². The molecule has 0 radical (unpaired) electrons. The van der Waals surface area contributed by atoms with Crippen LogP contribution in [0.5, 0.6) is 11.5 Å². The number of amides is 1. The van der Waals surface area contributed by atoms with Gasteiger partial charge in [-0.3, -0.25) is 4.79 Å². The number of fused-ring (bicyclic) bond motifs is 1. The molecule has 1 aliphatic heterocycles. The molecular formula is C17H17NO3. The smallest absolute Gasteiger partial charge is 0.228 e. The van der Waals surface area contributed by atoms with Gasteiger partial charge in [-0.25, -0.2) is 0 Å². The van der Waals surface area contributed by atoms with Crippen LogP contribution in [0.1, 0.15) is 12.0 Å². The van der Waals surface area contributed by atoms with Gasteiger partial charge in [-0.15, -0.1) is 0 Å². The number of nitrogens with one attached hydrogen (secondary N) is 1. The third-order valence-corrected chi connectivity index (χ3v) is 3.32. The first kappa shape index (κ1) is 13.5. The minimum Gasteiger partial charge on any atom is -0.486 e. The van der Waals surface area contributed by atoms with Gasteiger partial charge >= 0.3 is 0 Å². The number of hydrogen-bond acceptors (Lipinski definition) is 3. The maximum absolute atomic E-state index is 12.0. The van der Waals surface area contributed by atoms with E-state index in [2.05, 4.69) is 5.32 Å². The predicted octanol–water partition coefficient (Wildman–Crippen LogP) is 3.16. The molecule has 1 heterocycles. The lowest BCUT2D eigenvalue weighted by atomic mass is 10.2. The molecule has 108 valence electrons. The van der Waals surface area contributed by atoms with Gasteiger partial charge < -0.3 is 14.8 Å². The van der Waals surface area contributed by atoms with E-state index in [1.165, 1.54) is 0 Å². The SMILES string of the molecule is Cc1ccc(NC(=O)C[C@H]2COc3ccccc3O2)cc1. The fourth-order valence-electron chi connectivity index (χ4n) is 2.22. The number of para-hydroxylation sites is 2. The minimum absolute atomic E-state index is 0.0770. The van der Waals surface area contributed by atoms with Crippen LogP contribution in [0.3, 0.4) is 0 Å². The fourth-order valence-corrected chi connectivity index (χ4v) is 2.22. The first-order chi connectivity index (χ1) is 10.2. The van der Waals surface area contributed by atoms with Crippen molar-refractivity contribution in [2.24, 2.45) is 0 Å². The van der Waals surface area contributed by atoms with E-state index < -0.39 is 0 Å². The highest BCUT2D eigenvalue weighted by molar-refractivity contribution is 5.91. The van der Waals surface area contributed by atoms with Crippen molar-refractivity contribution in [3.8, 4) is 11.5 Å². The summed E-state index contributed by atoms with van der Waals surface area (Å²) < 4.78 is 11.4. The number of aryl methyl sites for hydroxylation is 1. The summed E-state index contributed by atoms with van der Waals surface area (Å²) in [6.45, 7) is 2.40. The van der Waals surface area contributed by atoms with Crippen LogP contribution in [-0.2, 0) is 4.79 Å². The van der Waals surface area contributed by atoms with Crippen molar-refractivity contribution in [2.75, 3.05) is 11.9 Å². The zero-order chi connectivity index (χ0) is 14.7. The van der Waals surface area contributed by atoms with E-state index in [-0.39, 0.29) is 18.4 Å². The number of carbonyl (C=O) groups excluding carboxylic acids is 1. The van der Waals surface area contributed by atoms with Crippen LogP contribution in [0.25, 0.3) is 0 Å². The monoisotopic (exact) mass is 283 g/mol. The molecular weight excluding hydrogens is 266 g/mol. The van der Waals surface area contributed by atoms with Gasteiger partial charge in [-0.2, -0.15) is 0 Å². The second-order valence-corrected chi connectivity index (χ2v) is 5.12.